The Morgan fingerprint density at radius 2 is 1.57 bits per heavy atom. The lowest BCUT2D eigenvalue weighted by atomic mass is 10.1. The minimum absolute atomic E-state index is 0.161. The molecule has 0 unspecified atom stereocenters. The lowest BCUT2D eigenvalue weighted by molar-refractivity contribution is 0.324. The molecule has 1 heterocycles. The van der Waals surface area contributed by atoms with Gasteiger partial charge in [-0.2, -0.15) is 0 Å². The van der Waals surface area contributed by atoms with E-state index in [9.17, 15) is 4.79 Å². The third-order valence-electron chi connectivity index (χ3n) is 3.33. The predicted molar refractivity (Wildman–Crippen MR) is 79.4 cm³/mol. The van der Waals surface area contributed by atoms with Crippen molar-refractivity contribution in [3.8, 4) is 28.6 Å². The number of nitrogens with zero attached hydrogens (tertiary/aromatic N) is 1. The quantitative estimate of drug-likeness (QED) is 0.933. The minimum Gasteiger partial charge on any atom is -0.493 e. The van der Waals surface area contributed by atoms with E-state index in [2.05, 4.69) is 9.97 Å². The van der Waals surface area contributed by atoms with Crippen molar-refractivity contribution >= 4 is 0 Å². The molecule has 6 heteroatoms. The van der Waals surface area contributed by atoms with Crippen LogP contribution in [0.5, 0.6) is 17.2 Å². The number of hydrogen-bond acceptors (Lipinski definition) is 5. The van der Waals surface area contributed by atoms with E-state index in [0.29, 0.717) is 39.9 Å². The largest absolute Gasteiger partial charge is 0.493 e. The number of aromatic nitrogens is 2. The Hall–Kier alpha value is -2.50. The van der Waals surface area contributed by atoms with Crippen molar-refractivity contribution in [2.75, 3.05) is 21.3 Å². The highest BCUT2D eigenvalue weighted by molar-refractivity contribution is 5.66. The molecule has 0 aliphatic heterocycles. The lowest BCUT2D eigenvalue weighted by Gasteiger charge is -2.14. The van der Waals surface area contributed by atoms with Crippen molar-refractivity contribution in [3.05, 3.63) is 33.7 Å². The van der Waals surface area contributed by atoms with Crippen molar-refractivity contribution in [1.82, 2.24) is 9.97 Å². The summed E-state index contributed by atoms with van der Waals surface area (Å²) in [6.45, 7) is 3.53. The van der Waals surface area contributed by atoms with Crippen molar-refractivity contribution in [2.45, 2.75) is 13.8 Å². The third kappa shape index (κ3) is 2.69. The average Bonchev–Trinajstić information content (AvgIpc) is 2.50. The van der Waals surface area contributed by atoms with Crippen LogP contribution in [0.1, 0.15) is 11.3 Å². The van der Waals surface area contributed by atoms with Crippen molar-refractivity contribution < 1.29 is 14.2 Å². The molecule has 2 aromatic rings. The predicted octanol–water partition coefficient (Wildman–Crippen LogP) is 2.08. The fraction of sp³-hybridized carbons (Fsp3) is 0.333. The highest BCUT2D eigenvalue weighted by Gasteiger charge is 2.15. The van der Waals surface area contributed by atoms with Crippen LogP contribution in [-0.4, -0.2) is 31.3 Å². The van der Waals surface area contributed by atoms with Crippen LogP contribution >= 0.6 is 0 Å². The van der Waals surface area contributed by atoms with Gasteiger partial charge in [0.05, 0.1) is 21.3 Å². The molecule has 0 amide bonds. The molecule has 0 saturated carbocycles. The van der Waals surface area contributed by atoms with Crippen molar-refractivity contribution in [3.63, 3.8) is 0 Å². The van der Waals surface area contributed by atoms with Crippen LogP contribution in [0.4, 0.5) is 0 Å². The molecule has 0 atom stereocenters. The molecule has 0 saturated heterocycles. The number of benzene rings is 1. The molecule has 0 radical (unpaired) electrons. The number of aromatic amines is 1. The highest BCUT2D eigenvalue weighted by Crippen LogP contribution is 2.40. The summed E-state index contributed by atoms with van der Waals surface area (Å²) in [4.78, 5) is 19.0. The molecule has 1 aromatic heterocycles. The third-order valence-corrected chi connectivity index (χ3v) is 3.33. The Labute approximate surface area is 122 Å². The maximum absolute atomic E-state index is 11.9. The van der Waals surface area contributed by atoms with Gasteiger partial charge in [-0.05, 0) is 26.0 Å². The first kappa shape index (κ1) is 14.9. The monoisotopic (exact) mass is 290 g/mol. The van der Waals surface area contributed by atoms with E-state index < -0.39 is 0 Å². The van der Waals surface area contributed by atoms with Crippen LogP contribution in [0.3, 0.4) is 0 Å². The van der Waals surface area contributed by atoms with Crippen LogP contribution in [0.25, 0.3) is 11.4 Å². The zero-order valence-electron chi connectivity index (χ0n) is 12.7. The van der Waals surface area contributed by atoms with Gasteiger partial charge in [0.2, 0.25) is 5.75 Å². The zero-order valence-corrected chi connectivity index (χ0v) is 12.7. The minimum atomic E-state index is -0.161. The van der Waals surface area contributed by atoms with Gasteiger partial charge in [0.15, 0.2) is 11.5 Å². The number of aryl methyl sites for hydroxylation is 1. The normalized spacial score (nSPS) is 10.3. The summed E-state index contributed by atoms with van der Waals surface area (Å²) in [5, 5.41) is 0. The molecule has 6 nitrogen and oxygen atoms in total. The first-order chi connectivity index (χ1) is 10.0. The van der Waals surface area contributed by atoms with E-state index in [0.717, 1.165) is 0 Å². The molecular weight excluding hydrogens is 272 g/mol. The van der Waals surface area contributed by atoms with Gasteiger partial charge in [-0.1, -0.05) is 0 Å². The van der Waals surface area contributed by atoms with E-state index in [1.165, 1.54) is 21.3 Å². The molecular formula is C15H18N2O4. The smallest absolute Gasteiger partial charge is 0.254 e. The number of hydrogen-bond donors (Lipinski definition) is 1. The second-order valence-corrected chi connectivity index (χ2v) is 4.54. The molecule has 0 aliphatic carbocycles. The average molecular weight is 290 g/mol. The molecule has 0 bridgehead atoms. The van der Waals surface area contributed by atoms with Crippen LogP contribution in [0.15, 0.2) is 16.9 Å². The van der Waals surface area contributed by atoms with Crippen LogP contribution in [0.2, 0.25) is 0 Å². The number of methoxy groups -OCH3 is 3. The van der Waals surface area contributed by atoms with E-state index >= 15 is 0 Å². The Kier molecular flexibility index (Phi) is 4.16. The summed E-state index contributed by atoms with van der Waals surface area (Å²) >= 11 is 0. The van der Waals surface area contributed by atoms with Crippen molar-refractivity contribution in [1.29, 1.82) is 0 Å². The Morgan fingerprint density at radius 1 is 1.00 bits per heavy atom. The molecule has 0 fully saturated rings. The van der Waals surface area contributed by atoms with Gasteiger partial charge in [0.1, 0.15) is 5.82 Å². The fourth-order valence-electron chi connectivity index (χ4n) is 2.00. The van der Waals surface area contributed by atoms with Crippen molar-refractivity contribution in [2.24, 2.45) is 0 Å². The van der Waals surface area contributed by atoms with Gasteiger partial charge in [-0.3, -0.25) is 4.79 Å². The maximum atomic E-state index is 11.9. The van der Waals surface area contributed by atoms with E-state index in [4.69, 9.17) is 14.2 Å². The number of ether oxygens (including phenoxy) is 3. The van der Waals surface area contributed by atoms with Gasteiger partial charge in [0.25, 0.3) is 5.56 Å². The molecule has 1 aromatic carbocycles. The van der Waals surface area contributed by atoms with Gasteiger partial charge in [0, 0.05) is 16.8 Å². The van der Waals surface area contributed by atoms with Gasteiger partial charge in [-0.25, -0.2) is 4.98 Å². The highest BCUT2D eigenvalue weighted by atomic mass is 16.5. The Morgan fingerprint density at radius 3 is 2.00 bits per heavy atom. The molecule has 21 heavy (non-hydrogen) atoms. The summed E-state index contributed by atoms with van der Waals surface area (Å²) in [6.07, 6.45) is 0. The van der Waals surface area contributed by atoms with Crippen LogP contribution in [0, 0.1) is 13.8 Å². The lowest BCUT2D eigenvalue weighted by Crippen LogP contribution is -2.14. The number of H-pyrrole nitrogens is 1. The summed E-state index contributed by atoms with van der Waals surface area (Å²) in [5.74, 6) is 1.97. The topological polar surface area (TPSA) is 73.4 Å². The fourth-order valence-corrected chi connectivity index (χ4v) is 2.00. The maximum Gasteiger partial charge on any atom is 0.254 e. The van der Waals surface area contributed by atoms with Gasteiger partial charge in [-0.15, -0.1) is 0 Å². The first-order valence-electron chi connectivity index (χ1n) is 6.39. The standard InChI is InChI=1S/C15H18N2O4/c1-8-9(2)16-14(17-15(8)18)10-6-11(19-3)13(21-5)12(7-10)20-4/h6-7H,1-5H3,(H,16,17,18). The Balaban J connectivity index is 2.67. The van der Waals surface area contributed by atoms with Crippen LogP contribution < -0.4 is 19.8 Å². The molecule has 2 rings (SSSR count). The van der Waals surface area contributed by atoms with Crippen LogP contribution in [-0.2, 0) is 0 Å². The van der Waals surface area contributed by atoms with Gasteiger partial charge >= 0.3 is 0 Å². The number of nitrogens with one attached hydrogen (secondary N) is 1. The van der Waals surface area contributed by atoms with E-state index in [1.54, 1.807) is 26.0 Å². The molecule has 1 N–H and O–H groups in total. The first-order valence-corrected chi connectivity index (χ1v) is 6.39. The summed E-state index contributed by atoms with van der Waals surface area (Å²) in [5.41, 5.74) is 1.81. The molecule has 112 valence electrons. The zero-order chi connectivity index (χ0) is 15.6. The molecule has 0 aliphatic rings. The molecule has 0 spiro atoms. The SMILES string of the molecule is COc1cc(-c2nc(C)c(C)c(=O)[nH]2)cc(OC)c1OC. The van der Waals surface area contributed by atoms with Gasteiger partial charge < -0.3 is 19.2 Å². The summed E-state index contributed by atoms with van der Waals surface area (Å²) in [6, 6.07) is 3.49. The summed E-state index contributed by atoms with van der Waals surface area (Å²) in [7, 11) is 4.62. The summed E-state index contributed by atoms with van der Waals surface area (Å²) < 4.78 is 15.9. The second kappa shape index (κ2) is 5.87. The second-order valence-electron chi connectivity index (χ2n) is 4.54. The Bertz CT molecular complexity index is 697. The van der Waals surface area contributed by atoms with E-state index in [-0.39, 0.29) is 5.56 Å². The van der Waals surface area contributed by atoms with E-state index in [1.807, 2.05) is 0 Å². The number of rotatable bonds is 4.